The summed E-state index contributed by atoms with van der Waals surface area (Å²) in [5.74, 6) is 0.281. The van der Waals surface area contributed by atoms with Gasteiger partial charge in [0, 0.05) is 40.3 Å². The van der Waals surface area contributed by atoms with Crippen molar-refractivity contribution in [2.75, 3.05) is 6.54 Å². The molecule has 0 unspecified atom stereocenters. The van der Waals surface area contributed by atoms with Crippen molar-refractivity contribution in [2.45, 2.75) is 45.6 Å². The van der Waals surface area contributed by atoms with Gasteiger partial charge in [-0.25, -0.2) is 0 Å². The van der Waals surface area contributed by atoms with E-state index in [1.165, 1.54) is 24.2 Å². The number of benzene rings is 2. The highest BCUT2D eigenvalue weighted by Gasteiger charge is 2.36. The van der Waals surface area contributed by atoms with Crippen molar-refractivity contribution in [3.8, 4) is 0 Å². The molecule has 0 spiro atoms. The van der Waals surface area contributed by atoms with E-state index in [0.717, 1.165) is 57.3 Å². The molecule has 33 heavy (non-hydrogen) atoms. The van der Waals surface area contributed by atoms with Gasteiger partial charge in [-0.1, -0.05) is 67.3 Å². The summed E-state index contributed by atoms with van der Waals surface area (Å²) in [6.45, 7) is 3.26. The molecule has 1 aromatic heterocycles. The fourth-order valence-electron chi connectivity index (χ4n) is 5.06. The van der Waals surface area contributed by atoms with Crippen LogP contribution in [0.5, 0.6) is 0 Å². The molecule has 2 amide bonds. The van der Waals surface area contributed by atoms with Crippen LogP contribution in [0.15, 0.2) is 53.4 Å². The van der Waals surface area contributed by atoms with Crippen molar-refractivity contribution < 1.29 is 9.59 Å². The number of fused-ring (bicyclic) bond motifs is 1. The van der Waals surface area contributed by atoms with Gasteiger partial charge in [0.2, 0.25) is 0 Å². The second kappa shape index (κ2) is 9.40. The standard InChI is InChI=1S/C27H27ClN2O2S/c1-18-22(15-25-26(31)30(27(32)33-25)16-19-9-3-2-4-10-19)21-12-6-8-14-24(21)29(18)17-20-11-5-7-13-23(20)28/h5-8,11-15,19H,2-4,9-10,16-17H2,1H3/b25-15+. The predicted molar refractivity (Wildman–Crippen MR) is 136 cm³/mol. The zero-order chi connectivity index (χ0) is 22.9. The average Bonchev–Trinajstić information content (AvgIpc) is 3.24. The minimum atomic E-state index is -0.155. The van der Waals surface area contributed by atoms with Crippen LogP contribution >= 0.6 is 23.4 Å². The molecule has 170 valence electrons. The number of hydrogen-bond donors (Lipinski definition) is 0. The Labute approximate surface area is 203 Å². The summed E-state index contributed by atoms with van der Waals surface area (Å²) in [5, 5.41) is 1.66. The highest BCUT2D eigenvalue weighted by atomic mass is 35.5. The summed E-state index contributed by atoms with van der Waals surface area (Å²) in [5.41, 5.74) is 4.17. The van der Waals surface area contributed by atoms with Crippen LogP contribution in [-0.2, 0) is 11.3 Å². The first kappa shape index (κ1) is 22.3. The Morgan fingerprint density at radius 3 is 2.55 bits per heavy atom. The van der Waals surface area contributed by atoms with Gasteiger partial charge >= 0.3 is 0 Å². The van der Waals surface area contributed by atoms with Crippen molar-refractivity contribution in [1.29, 1.82) is 0 Å². The summed E-state index contributed by atoms with van der Waals surface area (Å²) in [6.07, 6.45) is 7.77. The first-order chi connectivity index (χ1) is 16.0. The van der Waals surface area contributed by atoms with Crippen LogP contribution < -0.4 is 0 Å². The van der Waals surface area contributed by atoms with Crippen molar-refractivity contribution in [2.24, 2.45) is 5.92 Å². The number of nitrogens with zero attached hydrogens (tertiary/aromatic N) is 2. The topological polar surface area (TPSA) is 42.3 Å². The van der Waals surface area contributed by atoms with Gasteiger partial charge in [-0.2, -0.15) is 0 Å². The highest BCUT2D eigenvalue weighted by Crippen LogP contribution is 2.37. The van der Waals surface area contributed by atoms with Crippen molar-refractivity contribution in [3.05, 3.63) is 75.3 Å². The van der Waals surface area contributed by atoms with Crippen molar-refractivity contribution in [1.82, 2.24) is 9.47 Å². The van der Waals surface area contributed by atoms with E-state index in [0.29, 0.717) is 23.9 Å². The van der Waals surface area contributed by atoms with E-state index in [1.807, 2.05) is 42.5 Å². The van der Waals surface area contributed by atoms with Crippen LogP contribution in [0.2, 0.25) is 5.02 Å². The van der Waals surface area contributed by atoms with Gasteiger partial charge in [-0.05, 0) is 61.2 Å². The lowest BCUT2D eigenvalue weighted by Gasteiger charge is -2.25. The SMILES string of the molecule is Cc1c(/C=C2/SC(=O)N(CC3CCCCC3)C2=O)c2ccccc2n1Cc1ccccc1Cl. The summed E-state index contributed by atoms with van der Waals surface area (Å²) in [4.78, 5) is 27.9. The molecule has 1 aliphatic carbocycles. The lowest BCUT2D eigenvalue weighted by atomic mass is 9.89. The molecule has 1 aliphatic heterocycles. The molecule has 1 saturated carbocycles. The number of para-hydroxylation sites is 1. The molecule has 2 aromatic carbocycles. The third-order valence-corrected chi connectivity index (χ3v) is 8.16. The van der Waals surface area contributed by atoms with Crippen LogP contribution in [0.4, 0.5) is 4.79 Å². The number of rotatable bonds is 5. The first-order valence-corrected chi connectivity index (χ1v) is 12.8. The van der Waals surface area contributed by atoms with Crippen molar-refractivity contribution >= 4 is 51.5 Å². The van der Waals surface area contributed by atoms with Gasteiger partial charge in [0.05, 0.1) is 4.91 Å². The third-order valence-electron chi connectivity index (χ3n) is 6.88. The molecular formula is C27H27ClN2O2S. The molecular weight excluding hydrogens is 452 g/mol. The summed E-state index contributed by atoms with van der Waals surface area (Å²) in [7, 11) is 0. The van der Waals surface area contributed by atoms with Gasteiger partial charge in [0.1, 0.15) is 0 Å². The van der Waals surface area contributed by atoms with Crippen LogP contribution in [0.3, 0.4) is 0 Å². The minimum Gasteiger partial charge on any atom is -0.340 e. The monoisotopic (exact) mass is 478 g/mol. The Balaban J connectivity index is 1.49. The molecule has 2 fully saturated rings. The Kier molecular flexibility index (Phi) is 6.35. The zero-order valence-electron chi connectivity index (χ0n) is 18.7. The number of aromatic nitrogens is 1. The summed E-state index contributed by atoms with van der Waals surface area (Å²) < 4.78 is 2.23. The first-order valence-electron chi connectivity index (χ1n) is 11.6. The van der Waals surface area contributed by atoms with E-state index in [2.05, 4.69) is 23.6 Å². The van der Waals surface area contributed by atoms with Gasteiger partial charge in [-0.15, -0.1) is 0 Å². The van der Waals surface area contributed by atoms with Crippen LogP contribution in [0.25, 0.3) is 17.0 Å². The van der Waals surface area contributed by atoms with E-state index >= 15 is 0 Å². The van der Waals surface area contributed by atoms with E-state index in [9.17, 15) is 9.59 Å². The molecule has 0 N–H and O–H groups in total. The zero-order valence-corrected chi connectivity index (χ0v) is 20.3. The third kappa shape index (κ3) is 4.36. The molecule has 0 atom stereocenters. The molecule has 5 rings (SSSR count). The predicted octanol–water partition coefficient (Wildman–Crippen LogP) is 7.27. The van der Waals surface area contributed by atoms with Gasteiger partial charge in [-0.3, -0.25) is 14.5 Å². The minimum absolute atomic E-state index is 0.144. The lowest BCUT2D eigenvalue weighted by molar-refractivity contribution is -0.123. The van der Waals surface area contributed by atoms with E-state index in [4.69, 9.17) is 11.6 Å². The quantitative estimate of drug-likeness (QED) is 0.362. The highest BCUT2D eigenvalue weighted by molar-refractivity contribution is 8.18. The number of hydrogen-bond acceptors (Lipinski definition) is 3. The Morgan fingerprint density at radius 2 is 1.76 bits per heavy atom. The fourth-order valence-corrected chi connectivity index (χ4v) is 6.08. The van der Waals surface area contributed by atoms with Crippen LogP contribution in [0, 0.1) is 12.8 Å². The lowest BCUT2D eigenvalue weighted by Crippen LogP contribution is -2.34. The molecule has 1 saturated heterocycles. The number of carbonyl (C=O) groups is 2. The number of carbonyl (C=O) groups excluding carboxylic acids is 2. The maximum absolute atomic E-state index is 13.2. The van der Waals surface area contributed by atoms with Crippen LogP contribution in [0.1, 0.15) is 48.9 Å². The average molecular weight is 479 g/mol. The Bertz CT molecular complexity index is 1260. The Hall–Kier alpha value is -2.50. The van der Waals surface area contributed by atoms with Crippen LogP contribution in [-0.4, -0.2) is 27.2 Å². The Morgan fingerprint density at radius 1 is 1.03 bits per heavy atom. The summed E-state index contributed by atoms with van der Waals surface area (Å²) >= 11 is 7.50. The normalized spacial score (nSPS) is 18.7. The summed E-state index contributed by atoms with van der Waals surface area (Å²) in [6, 6.07) is 16.1. The maximum atomic E-state index is 13.2. The molecule has 3 aromatic rings. The largest absolute Gasteiger partial charge is 0.340 e. The van der Waals surface area contributed by atoms with Gasteiger partial charge < -0.3 is 4.57 Å². The smallest absolute Gasteiger partial charge is 0.293 e. The number of thioether (sulfide) groups is 1. The fraction of sp³-hybridized carbons (Fsp3) is 0.333. The molecule has 6 heteroatoms. The molecule has 2 aliphatic rings. The van der Waals surface area contributed by atoms with Gasteiger partial charge in [0.25, 0.3) is 11.1 Å². The number of halogens is 1. The second-order valence-electron chi connectivity index (χ2n) is 8.99. The second-order valence-corrected chi connectivity index (χ2v) is 10.4. The molecule has 4 nitrogen and oxygen atoms in total. The maximum Gasteiger partial charge on any atom is 0.293 e. The number of imide groups is 1. The van der Waals surface area contributed by atoms with Gasteiger partial charge in [0.15, 0.2) is 0 Å². The molecule has 0 radical (unpaired) electrons. The van der Waals surface area contributed by atoms with E-state index in [-0.39, 0.29) is 11.1 Å². The van der Waals surface area contributed by atoms with E-state index in [1.54, 1.807) is 0 Å². The molecule has 2 heterocycles. The molecule has 0 bridgehead atoms. The van der Waals surface area contributed by atoms with Crippen molar-refractivity contribution in [3.63, 3.8) is 0 Å². The van der Waals surface area contributed by atoms with E-state index < -0.39 is 0 Å². The number of amides is 2.